The Kier molecular flexibility index (Phi) is 3.53. The highest BCUT2D eigenvalue weighted by Gasteiger charge is 2.02. The van der Waals surface area contributed by atoms with E-state index in [1.54, 1.807) is 0 Å². The van der Waals surface area contributed by atoms with Gasteiger partial charge in [0, 0.05) is 9.85 Å². The Labute approximate surface area is 84.9 Å². The molecule has 0 N–H and O–H groups in total. The van der Waals surface area contributed by atoms with Gasteiger partial charge in [-0.05, 0) is 37.1 Å². The minimum Gasteiger partial charge on any atom is -0.207 e. The zero-order valence-corrected chi connectivity index (χ0v) is 8.99. The normalized spacial score (nSPS) is 13.0. The molecule has 1 aromatic carbocycles. The van der Waals surface area contributed by atoms with Crippen molar-refractivity contribution in [1.29, 1.82) is 0 Å². The molecule has 0 aliphatic carbocycles. The number of hydrogen-bond acceptors (Lipinski definition) is 0. The number of benzene rings is 1. The number of hydrogen-bond donors (Lipinski definition) is 0. The van der Waals surface area contributed by atoms with E-state index in [1.165, 1.54) is 12.1 Å². The van der Waals surface area contributed by atoms with E-state index < -0.39 is 0 Å². The van der Waals surface area contributed by atoms with E-state index in [0.717, 1.165) is 10.0 Å². The first-order chi connectivity index (χ1) is 5.58. The summed E-state index contributed by atoms with van der Waals surface area (Å²) < 4.78 is 13.6. The second-order valence-corrected chi connectivity index (χ2v) is 4.42. The molecule has 0 nitrogen and oxygen atoms in total. The molecule has 1 unspecified atom stereocenters. The molecule has 0 saturated heterocycles. The van der Waals surface area contributed by atoms with E-state index >= 15 is 0 Å². The quantitative estimate of drug-likeness (QED) is 0.702. The van der Waals surface area contributed by atoms with E-state index in [0.29, 0.717) is 6.42 Å². The zero-order valence-electron chi connectivity index (χ0n) is 6.65. The summed E-state index contributed by atoms with van der Waals surface area (Å²) in [5, 5.41) is 0.0405. The average molecular weight is 252 g/mol. The molecule has 12 heavy (non-hydrogen) atoms. The van der Waals surface area contributed by atoms with Crippen molar-refractivity contribution in [3.63, 3.8) is 0 Å². The Bertz CT molecular complexity index is 253. The van der Waals surface area contributed by atoms with Crippen LogP contribution < -0.4 is 0 Å². The van der Waals surface area contributed by atoms with Gasteiger partial charge in [0.1, 0.15) is 5.82 Å². The lowest BCUT2D eigenvalue weighted by atomic mass is 10.1. The summed E-state index contributed by atoms with van der Waals surface area (Å²) in [5.41, 5.74) is 0.921. The maximum absolute atomic E-state index is 12.8. The second-order valence-electron chi connectivity index (χ2n) is 2.76. The lowest BCUT2D eigenvalue weighted by Gasteiger charge is -2.03. The Morgan fingerprint density at radius 2 is 2.17 bits per heavy atom. The highest BCUT2D eigenvalue weighted by Crippen LogP contribution is 2.17. The van der Waals surface area contributed by atoms with Crippen LogP contribution in [0.2, 0.25) is 0 Å². The van der Waals surface area contributed by atoms with Gasteiger partial charge in [-0.15, -0.1) is 11.6 Å². The molecule has 0 aliphatic rings. The van der Waals surface area contributed by atoms with Crippen molar-refractivity contribution in [2.45, 2.75) is 18.7 Å². The predicted molar refractivity (Wildman–Crippen MR) is 53.1 cm³/mol. The Hall–Kier alpha value is -0.0800. The Balaban J connectivity index is 2.85. The van der Waals surface area contributed by atoms with Gasteiger partial charge in [0.25, 0.3) is 0 Å². The monoisotopic (exact) mass is 250 g/mol. The molecule has 0 aromatic heterocycles. The fourth-order valence-corrected chi connectivity index (χ4v) is 1.74. The third kappa shape index (κ3) is 3.11. The van der Waals surface area contributed by atoms with Crippen LogP contribution in [-0.4, -0.2) is 5.38 Å². The Morgan fingerprint density at radius 1 is 1.50 bits per heavy atom. The molecule has 0 fully saturated rings. The van der Waals surface area contributed by atoms with Gasteiger partial charge in [-0.25, -0.2) is 4.39 Å². The van der Waals surface area contributed by atoms with E-state index in [-0.39, 0.29) is 11.2 Å². The fourth-order valence-electron chi connectivity index (χ4n) is 1.05. The molecular formula is C9H9BrClF. The Morgan fingerprint density at radius 3 is 2.67 bits per heavy atom. The topological polar surface area (TPSA) is 0 Å². The molecule has 0 amide bonds. The summed E-state index contributed by atoms with van der Waals surface area (Å²) in [5.74, 6) is -0.225. The highest BCUT2D eigenvalue weighted by atomic mass is 79.9. The summed E-state index contributed by atoms with van der Waals surface area (Å²) in [6.07, 6.45) is 0.692. The van der Waals surface area contributed by atoms with Crippen molar-refractivity contribution in [1.82, 2.24) is 0 Å². The lowest BCUT2D eigenvalue weighted by molar-refractivity contribution is 0.624. The van der Waals surface area contributed by atoms with Crippen LogP contribution in [0.25, 0.3) is 0 Å². The van der Waals surface area contributed by atoms with Gasteiger partial charge in [-0.2, -0.15) is 0 Å². The minimum atomic E-state index is -0.225. The summed E-state index contributed by atoms with van der Waals surface area (Å²) in [4.78, 5) is 0. The SMILES string of the molecule is CC(Cl)Cc1cc(F)cc(Br)c1. The molecule has 1 atom stereocenters. The van der Waals surface area contributed by atoms with E-state index in [2.05, 4.69) is 15.9 Å². The van der Waals surface area contributed by atoms with E-state index in [9.17, 15) is 4.39 Å². The van der Waals surface area contributed by atoms with Crippen molar-refractivity contribution in [3.8, 4) is 0 Å². The van der Waals surface area contributed by atoms with Crippen LogP contribution in [0.3, 0.4) is 0 Å². The average Bonchev–Trinajstić information content (AvgIpc) is 1.81. The van der Waals surface area contributed by atoms with Gasteiger partial charge < -0.3 is 0 Å². The van der Waals surface area contributed by atoms with Crippen molar-refractivity contribution < 1.29 is 4.39 Å². The molecule has 1 aromatic rings. The first-order valence-corrected chi connectivity index (χ1v) is 4.90. The smallest absolute Gasteiger partial charge is 0.124 e. The van der Waals surface area contributed by atoms with Crippen LogP contribution in [0.5, 0.6) is 0 Å². The fraction of sp³-hybridized carbons (Fsp3) is 0.333. The van der Waals surface area contributed by atoms with Crippen molar-refractivity contribution in [3.05, 3.63) is 34.1 Å². The first kappa shape index (κ1) is 10.0. The number of alkyl halides is 1. The number of halogens is 3. The molecule has 0 aliphatic heterocycles. The summed E-state index contributed by atoms with van der Waals surface area (Å²) >= 11 is 9.00. The second kappa shape index (κ2) is 4.24. The van der Waals surface area contributed by atoms with Gasteiger partial charge in [0.2, 0.25) is 0 Å². The van der Waals surface area contributed by atoms with Gasteiger partial charge in [-0.1, -0.05) is 15.9 Å². The summed E-state index contributed by atoms with van der Waals surface area (Å²) in [6, 6.07) is 4.81. The maximum atomic E-state index is 12.8. The molecule has 66 valence electrons. The third-order valence-corrected chi connectivity index (χ3v) is 2.05. The maximum Gasteiger partial charge on any atom is 0.124 e. The van der Waals surface area contributed by atoms with E-state index in [4.69, 9.17) is 11.6 Å². The first-order valence-electron chi connectivity index (χ1n) is 3.67. The van der Waals surface area contributed by atoms with Crippen molar-refractivity contribution in [2.75, 3.05) is 0 Å². The summed E-state index contributed by atoms with van der Waals surface area (Å²) in [6.45, 7) is 1.89. The van der Waals surface area contributed by atoms with E-state index in [1.807, 2.05) is 13.0 Å². The predicted octanol–water partition coefficient (Wildman–Crippen LogP) is 3.76. The molecule has 0 heterocycles. The van der Waals surface area contributed by atoms with Crippen LogP contribution in [0.15, 0.2) is 22.7 Å². The molecule has 0 radical (unpaired) electrons. The lowest BCUT2D eigenvalue weighted by Crippen LogP contribution is -1.97. The molecule has 0 saturated carbocycles. The largest absolute Gasteiger partial charge is 0.207 e. The zero-order chi connectivity index (χ0) is 9.14. The molecule has 3 heteroatoms. The number of rotatable bonds is 2. The van der Waals surface area contributed by atoms with Crippen LogP contribution >= 0.6 is 27.5 Å². The third-order valence-electron chi connectivity index (χ3n) is 1.44. The van der Waals surface area contributed by atoms with Gasteiger partial charge >= 0.3 is 0 Å². The van der Waals surface area contributed by atoms with Crippen LogP contribution in [0.4, 0.5) is 4.39 Å². The van der Waals surface area contributed by atoms with Gasteiger partial charge in [0.15, 0.2) is 0 Å². The van der Waals surface area contributed by atoms with Gasteiger partial charge in [-0.3, -0.25) is 0 Å². The molecule has 0 spiro atoms. The van der Waals surface area contributed by atoms with Gasteiger partial charge in [0.05, 0.1) is 0 Å². The summed E-state index contributed by atoms with van der Waals surface area (Å²) in [7, 11) is 0. The standard InChI is InChI=1S/C9H9BrClF/c1-6(11)2-7-3-8(10)5-9(12)4-7/h3-6H,2H2,1H3. The molecule has 1 rings (SSSR count). The van der Waals surface area contributed by atoms with Crippen molar-refractivity contribution in [2.24, 2.45) is 0 Å². The molecule has 0 bridgehead atoms. The highest BCUT2D eigenvalue weighted by molar-refractivity contribution is 9.10. The van der Waals surface area contributed by atoms with Crippen LogP contribution in [0, 0.1) is 5.82 Å². The van der Waals surface area contributed by atoms with Crippen LogP contribution in [-0.2, 0) is 6.42 Å². The molecular weight excluding hydrogens is 242 g/mol. The van der Waals surface area contributed by atoms with Crippen LogP contribution in [0.1, 0.15) is 12.5 Å². The minimum absolute atomic E-state index is 0.0405. The van der Waals surface area contributed by atoms with Crippen molar-refractivity contribution >= 4 is 27.5 Å².